The summed E-state index contributed by atoms with van der Waals surface area (Å²) >= 11 is 9.28. The lowest BCUT2D eigenvalue weighted by Crippen LogP contribution is -2.07. The fraction of sp³-hybridized carbons (Fsp3) is 0.0476. The lowest BCUT2D eigenvalue weighted by Gasteiger charge is -2.06. The molecule has 0 saturated heterocycles. The molecule has 30 heavy (non-hydrogen) atoms. The molecule has 0 radical (unpaired) electrons. The quantitative estimate of drug-likeness (QED) is 0.368. The number of benzene rings is 2. The summed E-state index contributed by atoms with van der Waals surface area (Å²) in [6.07, 6.45) is 3.35. The number of pyridine rings is 1. The van der Waals surface area contributed by atoms with Gasteiger partial charge in [-0.05, 0) is 60.2 Å². The molecule has 4 aromatic rings. The molecule has 0 saturated carbocycles. The fourth-order valence-electron chi connectivity index (χ4n) is 2.73. The number of aromatic nitrogens is 2. The summed E-state index contributed by atoms with van der Waals surface area (Å²) in [5.41, 5.74) is 1.52. The number of hydrogen-bond donors (Lipinski definition) is 1. The Hall–Kier alpha value is -2.68. The van der Waals surface area contributed by atoms with E-state index in [0.29, 0.717) is 17.1 Å². The van der Waals surface area contributed by atoms with E-state index in [1.807, 2.05) is 18.2 Å². The molecule has 0 aliphatic rings. The van der Waals surface area contributed by atoms with Gasteiger partial charge in [-0.3, -0.25) is 4.98 Å². The number of sulfone groups is 1. The zero-order chi connectivity index (χ0) is 21.1. The van der Waals surface area contributed by atoms with Gasteiger partial charge in [0.1, 0.15) is 0 Å². The van der Waals surface area contributed by atoms with E-state index in [1.54, 1.807) is 30.6 Å². The van der Waals surface area contributed by atoms with E-state index >= 15 is 0 Å². The number of hydrogen-bond acceptors (Lipinski definition) is 6. The van der Waals surface area contributed by atoms with Crippen molar-refractivity contribution in [2.75, 3.05) is 5.32 Å². The van der Waals surface area contributed by atoms with Crippen molar-refractivity contribution in [1.29, 1.82) is 0 Å². The van der Waals surface area contributed by atoms with Crippen molar-refractivity contribution in [2.24, 2.45) is 0 Å². The largest absolute Gasteiger partial charge is 0.419 e. The smallest absolute Gasteiger partial charge is 0.234 e. The molecule has 0 spiro atoms. The van der Waals surface area contributed by atoms with Gasteiger partial charge >= 0.3 is 0 Å². The zero-order valence-electron chi connectivity index (χ0n) is 15.4. The van der Waals surface area contributed by atoms with Crippen molar-refractivity contribution >= 4 is 43.3 Å². The second kappa shape index (κ2) is 8.59. The van der Waals surface area contributed by atoms with Crippen molar-refractivity contribution in [2.45, 2.75) is 16.5 Å². The minimum Gasteiger partial charge on any atom is -0.419 e. The number of rotatable bonds is 6. The van der Waals surface area contributed by atoms with E-state index < -0.39 is 9.84 Å². The van der Waals surface area contributed by atoms with Gasteiger partial charge in [0.25, 0.3) is 0 Å². The van der Waals surface area contributed by atoms with Gasteiger partial charge in [0.2, 0.25) is 26.6 Å². The molecule has 2 aromatic heterocycles. The van der Waals surface area contributed by atoms with Crippen molar-refractivity contribution in [3.8, 4) is 11.5 Å². The molecule has 6 nitrogen and oxygen atoms in total. The highest BCUT2D eigenvalue weighted by Crippen LogP contribution is 2.33. The first kappa shape index (κ1) is 20.6. The van der Waals surface area contributed by atoms with Crippen LogP contribution in [0.15, 0.2) is 91.9 Å². The minimum absolute atomic E-state index is 0.0618. The Balaban J connectivity index is 1.76. The third-order valence-electron chi connectivity index (χ3n) is 4.24. The molecule has 0 amide bonds. The minimum atomic E-state index is -3.94. The van der Waals surface area contributed by atoms with Crippen molar-refractivity contribution < 1.29 is 12.8 Å². The van der Waals surface area contributed by atoms with Crippen LogP contribution < -0.4 is 5.32 Å². The third kappa shape index (κ3) is 4.40. The summed E-state index contributed by atoms with van der Waals surface area (Å²) in [7, 11) is -3.94. The molecule has 2 aromatic carbocycles. The lowest BCUT2D eigenvalue weighted by molar-refractivity contribution is 0.576. The first-order valence-corrected chi connectivity index (χ1v) is 11.5. The van der Waals surface area contributed by atoms with Gasteiger partial charge in [0, 0.05) is 34.0 Å². The number of nitrogens with one attached hydrogen (secondary N) is 1. The van der Waals surface area contributed by atoms with E-state index in [0.717, 1.165) is 10.0 Å². The lowest BCUT2D eigenvalue weighted by atomic mass is 10.2. The van der Waals surface area contributed by atoms with Crippen LogP contribution in [0.4, 0.5) is 5.88 Å². The van der Waals surface area contributed by atoms with Crippen LogP contribution in [0.3, 0.4) is 0 Å². The summed E-state index contributed by atoms with van der Waals surface area (Å²) in [4.78, 5) is 8.45. The van der Waals surface area contributed by atoms with Gasteiger partial charge in [-0.1, -0.05) is 33.6 Å². The molecule has 0 aliphatic carbocycles. The Morgan fingerprint density at radius 1 is 1.03 bits per heavy atom. The number of halogens is 2. The molecule has 0 aliphatic heterocycles. The SMILES string of the molecule is O=S(=O)(c1ccc(Cl)cc1)c1nc(-c2ccc(Br)cc2)oc1NCc1cccnc1. The van der Waals surface area contributed by atoms with Crippen LogP contribution in [0.5, 0.6) is 0 Å². The van der Waals surface area contributed by atoms with Crippen LogP contribution in [0.1, 0.15) is 5.56 Å². The molecular formula is C21H15BrClN3O3S. The second-order valence-electron chi connectivity index (χ2n) is 6.33. The van der Waals surface area contributed by atoms with Crippen LogP contribution in [-0.4, -0.2) is 18.4 Å². The van der Waals surface area contributed by atoms with Gasteiger partial charge in [0.15, 0.2) is 0 Å². The van der Waals surface area contributed by atoms with Crippen molar-refractivity contribution in [3.05, 3.63) is 88.1 Å². The predicted octanol–water partition coefficient (Wildman–Crippen LogP) is 5.60. The standard InChI is InChI=1S/C21H15BrClN3O3S/c22-16-5-3-15(4-6-16)19-26-21(30(27,28)18-9-7-17(23)8-10-18)20(29-19)25-13-14-2-1-11-24-12-14/h1-12,25H,13H2. The van der Waals surface area contributed by atoms with Gasteiger partial charge in [-0.2, -0.15) is 4.98 Å². The van der Waals surface area contributed by atoms with E-state index in [9.17, 15) is 8.42 Å². The van der Waals surface area contributed by atoms with Gasteiger partial charge < -0.3 is 9.73 Å². The summed E-state index contributed by atoms with van der Waals surface area (Å²) in [5, 5.41) is 3.29. The highest BCUT2D eigenvalue weighted by molar-refractivity contribution is 9.10. The van der Waals surface area contributed by atoms with E-state index in [-0.39, 0.29) is 21.7 Å². The maximum Gasteiger partial charge on any atom is 0.234 e. The van der Waals surface area contributed by atoms with Gasteiger partial charge in [0.05, 0.1) is 4.90 Å². The molecule has 2 heterocycles. The topological polar surface area (TPSA) is 85.1 Å². The summed E-state index contributed by atoms with van der Waals surface area (Å²) in [5.74, 6) is 0.260. The normalized spacial score (nSPS) is 11.4. The van der Waals surface area contributed by atoms with Crippen LogP contribution >= 0.6 is 27.5 Å². The average molecular weight is 505 g/mol. The highest BCUT2D eigenvalue weighted by Gasteiger charge is 2.28. The maximum absolute atomic E-state index is 13.3. The van der Waals surface area contributed by atoms with Crippen LogP contribution in [0, 0.1) is 0 Å². The zero-order valence-corrected chi connectivity index (χ0v) is 18.6. The molecule has 0 atom stereocenters. The molecule has 152 valence electrons. The predicted molar refractivity (Wildman–Crippen MR) is 118 cm³/mol. The van der Waals surface area contributed by atoms with Crippen LogP contribution in [0.2, 0.25) is 5.02 Å². The Morgan fingerprint density at radius 3 is 2.43 bits per heavy atom. The molecular weight excluding hydrogens is 490 g/mol. The highest BCUT2D eigenvalue weighted by atomic mass is 79.9. The Bertz CT molecular complexity index is 1260. The van der Waals surface area contributed by atoms with Crippen molar-refractivity contribution in [1.82, 2.24) is 9.97 Å². The molecule has 0 bridgehead atoms. The summed E-state index contributed by atoms with van der Waals surface area (Å²) in [6, 6.07) is 16.8. The van der Waals surface area contributed by atoms with Crippen LogP contribution in [-0.2, 0) is 16.4 Å². The Labute approximate surface area is 187 Å². The van der Waals surface area contributed by atoms with E-state index in [4.69, 9.17) is 16.0 Å². The molecule has 4 rings (SSSR count). The van der Waals surface area contributed by atoms with Gasteiger partial charge in [-0.15, -0.1) is 0 Å². The van der Waals surface area contributed by atoms with E-state index in [1.165, 1.54) is 24.3 Å². The summed E-state index contributed by atoms with van der Waals surface area (Å²) < 4.78 is 33.2. The van der Waals surface area contributed by atoms with Crippen molar-refractivity contribution in [3.63, 3.8) is 0 Å². The summed E-state index contributed by atoms with van der Waals surface area (Å²) in [6.45, 7) is 0.325. The van der Waals surface area contributed by atoms with Crippen LogP contribution in [0.25, 0.3) is 11.5 Å². The number of nitrogens with zero attached hydrogens (tertiary/aromatic N) is 2. The third-order valence-corrected chi connectivity index (χ3v) is 6.70. The Kier molecular flexibility index (Phi) is 5.90. The molecule has 0 fully saturated rings. The Morgan fingerprint density at radius 2 is 1.77 bits per heavy atom. The molecule has 9 heteroatoms. The van der Waals surface area contributed by atoms with E-state index in [2.05, 4.69) is 31.2 Å². The maximum atomic E-state index is 13.3. The first-order chi connectivity index (χ1) is 14.4. The average Bonchev–Trinajstić information content (AvgIpc) is 3.19. The second-order valence-corrected chi connectivity index (χ2v) is 9.55. The molecule has 1 N–H and O–H groups in total. The fourth-order valence-corrected chi connectivity index (χ4v) is 4.40. The number of anilines is 1. The first-order valence-electron chi connectivity index (χ1n) is 8.84. The van der Waals surface area contributed by atoms with Gasteiger partial charge in [-0.25, -0.2) is 8.42 Å². The molecule has 0 unspecified atom stereocenters. The monoisotopic (exact) mass is 503 g/mol. The number of oxazole rings is 1.